The molecule has 7 heteroatoms. The molecule has 0 aromatic rings. The quantitative estimate of drug-likeness (QED) is 0.397. The van der Waals surface area contributed by atoms with Crippen molar-refractivity contribution >= 4 is 18.7 Å². The van der Waals surface area contributed by atoms with Gasteiger partial charge in [0.15, 0.2) is 0 Å². The molecule has 0 aliphatic carbocycles. The lowest BCUT2D eigenvalue weighted by atomic mass is 11.9. The molecule has 0 fully saturated rings. The fourth-order valence-electron chi connectivity index (χ4n) is 0.137. The van der Waals surface area contributed by atoms with Crippen LogP contribution >= 0.6 is 7.60 Å². The number of rotatable bonds is 2. The smallest absolute Gasteiger partial charge is 0.336 e. The van der Waals surface area contributed by atoms with E-state index in [1.807, 2.05) is 0 Å². The highest BCUT2D eigenvalue weighted by Crippen LogP contribution is 2.34. The Bertz CT molecular complexity index is 135. The molecule has 0 amide bonds. The van der Waals surface area contributed by atoms with Gasteiger partial charge in [-0.15, -0.1) is 0 Å². The topological polar surface area (TPSA) is 97.7 Å². The standard InChI is InChI=1S/CH5O5PS/c2-7(3,4)1-8(5)6/h1H2,(H,5,6)(H2,2,3,4)/p-1. The minimum atomic E-state index is -4.33. The van der Waals surface area contributed by atoms with Crippen LogP contribution in [0.1, 0.15) is 0 Å². The summed E-state index contributed by atoms with van der Waals surface area (Å²) in [4.78, 5) is 15.8. The van der Waals surface area contributed by atoms with Crippen molar-refractivity contribution in [3.8, 4) is 0 Å². The second-order valence-electron chi connectivity index (χ2n) is 1.10. The summed E-state index contributed by atoms with van der Waals surface area (Å²) in [5, 5.41) is 0. The summed E-state index contributed by atoms with van der Waals surface area (Å²) in [6.45, 7) is 0. The van der Waals surface area contributed by atoms with Gasteiger partial charge in [0, 0.05) is 0 Å². The van der Waals surface area contributed by atoms with E-state index in [4.69, 9.17) is 9.79 Å². The van der Waals surface area contributed by atoms with E-state index in [0.29, 0.717) is 0 Å². The Kier molecular flexibility index (Phi) is 2.79. The molecular weight excluding hydrogens is 155 g/mol. The summed E-state index contributed by atoms with van der Waals surface area (Å²) in [6, 6.07) is 0. The molecule has 5 nitrogen and oxygen atoms in total. The second-order valence-corrected chi connectivity index (χ2v) is 4.07. The van der Waals surface area contributed by atoms with Gasteiger partial charge >= 0.3 is 7.60 Å². The highest BCUT2D eigenvalue weighted by Gasteiger charge is 2.11. The van der Waals surface area contributed by atoms with Crippen LogP contribution in [0.15, 0.2) is 0 Å². The van der Waals surface area contributed by atoms with E-state index in [1.54, 1.807) is 0 Å². The Hall–Kier alpha value is 0.260. The molecule has 0 aromatic heterocycles. The molecule has 0 saturated heterocycles. The van der Waals surface area contributed by atoms with Crippen LogP contribution in [0.4, 0.5) is 0 Å². The minimum Gasteiger partial charge on any atom is -0.772 e. The Morgan fingerprint density at radius 2 is 2.00 bits per heavy atom. The molecule has 0 heterocycles. The molecule has 2 N–H and O–H groups in total. The van der Waals surface area contributed by atoms with Gasteiger partial charge in [-0.2, -0.15) is 0 Å². The van der Waals surface area contributed by atoms with Crippen molar-refractivity contribution in [3.05, 3.63) is 0 Å². The van der Waals surface area contributed by atoms with Crippen LogP contribution in [0, 0.1) is 0 Å². The maximum atomic E-state index is 9.74. The van der Waals surface area contributed by atoms with Gasteiger partial charge < -0.3 is 14.3 Å². The molecule has 0 saturated carbocycles. The lowest BCUT2D eigenvalue weighted by Gasteiger charge is -2.04. The van der Waals surface area contributed by atoms with Crippen molar-refractivity contribution < 1.29 is 23.1 Å². The highest BCUT2D eigenvalue weighted by molar-refractivity contribution is 7.87. The average molecular weight is 159 g/mol. The molecule has 1 atom stereocenters. The summed E-state index contributed by atoms with van der Waals surface area (Å²) in [7, 11) is -4.33. The van der Waals surface area contributed by atoms with Crippen LogP contribution in [0.25, 0.3) is 0 Å². The Balaban J connectivity index is 3.74. The maximum Gasteiger partial charge on any atom is 0.336 e. The van der Waals surface area contributed by atoms with Crippen LogP contribution in [-0.2, 0) is 15.6 Å². The summed E-state index contributed by atoms with van der Waals surface area (Å²) < 4.78 is 28.8. The normalized spacial score (nSPS) is 15.9. The van der Waals surface area contributed by atoms with E-state index in [9.17, 15) is 13.3 Å². The van der Waals surface area contributed by atoms with Crippen LogP contribution in [-0.4, -0.2) is 24.0 Å². The van der Waals surface area contributed by atoms with Crippen molar-refractivity contribution in [1.82, 2.24) is 0 Å². The van der Waals surface area contributed by atoms with Crippen molar-refractivity contribution in [2.75, 3.05) is 5.49 Å². The lowest BCUT2D eigenvalue weighted by Crippen LogP contribution is -1.94. The first-order valence-corrected chi connectivity index (χ1v) is 4.56. The maximum absolute atomic E-state index is 9.74. The van der Waals surface area contributed by atoms with Gasteiger partial charge in [-0.1, -0.05) is 0 Å². The molecule has 0 spiro atoms. The number of hydrogen-bond donors (Lipinski definition) is 2. The summed E-state index contributed by atoms with van der Waals surface area (Å²) >= 11 is -2.65. The minimum absolute atomic E-state index is 1.09. The zero-order valence-electron chi connectivity index (χ0n) is 3.68. The average Bonchev–Trinajstić information content (AvgIpc) is 1.21. The molecule has 0 aliphatic heterocycles. The summed E-state index contributed by atoms with van der Waals surface area (Å²) in [5.41, 5.74) is -1.09. The van der Waals surface area contributed by atoms with Crippen molar-refractivity contribution in [3.63, 3.8) is 0 Å². The van der Waals surface area contributed by atoms with Crippen molar-refractivity contribution in [2.45, 2.75) is 0 Å². The second kappa shape index (κ2) is 2.70. The van der Waals surface area contributed by atoms with Crippen LogP contribution in [0.5, 0.6) is 0 Å². The highest BCUT2D eigenvalue weighted by atomic mass is 32.2. The van der Waals surface area contributed by atoms with E-state index in [1.165, 1.54) is 0 Å². The zero-order chi connectivity index (χ0) is 6.78. The van der Waals surface area contributed by atoms with Crippen molar-refractivity contribution in [2.24, 2.45) is 0 Å². The number of hydrogen-bond acceptors (Lipinski definition) is 3. The Labute approximate surface area is 48.2 Å². The Morgan fingerprint density at radius 1 is 1.62 bits per heavy atom. The van der Waals surface area contributed by atoms with E-state index >= 15 is 0 Å². The molecular formula is CH4O5PS-. The van der Waals surface area contributed by atoms with E-state index in [-0.39, 0.29) is 0 Å². The van der Waals surface area contributed by atoms with E-state index in [2.05, 4.69) is 0 Å². The molecule has 0 radical (unpaired) electrons. The first-order chi connectivity index (χ1) is 3.42. The van der Waals surface area contributed by atoms with E-state index in [0.717, 1.165) is 0 Å². The van der Waals surface area contributed by atoms with Gasteiger partial charge in [0.2, 0.25) is 0 Å². The lowest BCUT2D eigenvalue weighted by molar-refractivity contribution is 0.378. The van der Waals surface area contributed by atoms with Crippen LogP contribution in [0.3, 0.4) is 0 Å². The van der Waals surface area contributed by atoms with Gasteiger partial charge in [0.1, 0.15) is 5.49 Å². The zero-order valence-corrected chi connectivity index (χ0v) is 5.39. The van der Waals surface area contributed by atoms with Gasteiger partial charge in [0.25, 0.3) is 0 Å². The molecule has 8 heavy (non-hydrogen) atoms. The predicted octanol–water partition coefficient (Wildman–Crippen LogP) is -0.999. The monoisotopic (exact) mass is 159 g/mol. The van der Waals surface area contributed by atoms with Crippen LogP contribution in [0.2, 0.25) is 0 Å². The van der Waals surface area contributed by atoms with E-state index < -0.39 is 24.2 Å². The third-order valence-corrected chi connectivity index (χ3v) is 2.46. The summed E-state index contributed by atoms with van der Waals surface area (Å²) in [6.07, 6.45) is 0. The molecule has 0 aliphatic rings. The molecule has 0 aromatic carbocycles. The first-order valence-electron chi connectivity index (χ1n) is 1.52. The molecule has 1 unspecified atom stereocenters. The molecule has 0 rings (SSSR count). The van der Waals surface area contributed by atoms with Crippen LogP contribution < -0.4 is 0 Å². The fourth-order valence-corrected chi connectivity index (χ4v) is 1.24. The Morgan fingerprint density at radius 3 is 2.00 bits per heavy atom. The largest absolute Gasteiger partial charge is 0.772 e. The fraction of sp³-hybridized carbons (Fsp3) is 1.00. The third-order valence-electron chi connectivity index (χ3n) is 0.274. The molecule has 0 bridgehead atoms. The van der Waals surface area contributed by atoms with Gasteiger partial charge in [-0.25, -0.2) is 0 Å². The van der Waals surface area contributed by atoms with Gasteiger partial charge in [-0.3, -0.25) is 8.77 Å². The first kappa shape index (κ1) is 8.26. The predicted molar refractivity (Wildman–Crippen MR) is 25.8 cm³/mol. The SMILES string of the molecule is O=S([O-])CP(=O)(O)O. The molecule has 50 valence electrons. The van der Waals surface area contributed by atoms with Gasteiger partial charge in [0.05, 0.1) is 0 Å². The van der Waals surface area contributed by atoms with Gasteiger partial charge in [-0.05, 0) is 11.1 Å². The summed E-state index contributed by atoms with van der Waals surface area (Å²) in [5.74, 6) is 0. The van der Waals surface area contributed by atoms with Crippen molar-refractivity contribution in [1.29, 1.82) is 0 Å². The third kappa shape index (κ3) is 6.26.